The predicted molar refractivity (Wildman–Crippen MR) is 161 cm³/mol. The highest BCUT2D eigenvalue weighted by molar-refractivity contribution is 5.94. The average molecular weight is 573 g/mol. The van der Waals surface area contributed by atoms with Crippen LogP contribution in [0, 0.1) is 5.92 Å². The van der Waals surface area contributed by atoms with E-state index < -0.39 is 47.9 Å². The number of carboxylic acid groups (broad SMARTS) is 1. The number of hydrogen-bond acceptors (Lipinski definition) is 5. The number of nitrogens with one attached hydrogen (secondary N) is 3. The third-order valence-corrected chi connectivity index (χ3v) is 7.24. The Kier molecular flexibility index (Phi) is 12.3. The lowest BCUT2D eigenvalue weighted by atomic mass is 9.96. The summed E-state index contributed by atoms with van der Waals surface area (Å²) in [5.74, 6) is -3.10. The third-order valence-electron chi connectivity index (χ3n) is 7.24. The molecule has 3 aromatic carbocycles. The maximum absolute atomic E-state index is 13.6. The minimum absolute atomic E-state index is 0.0821. The van der Waals surface area contributed by atoms with E-state index in [2.05, 4.69) is 16.0 Å². The summed E-state index contributed by atoms with van der Waals surface area (Å²) >= 11 is 0. The van der Waals surface area contributed by atoms with Crippen LogP contribution in [0.15, 0.2) is 91.0 Å². The fourth-order valence-electron chi connectivity index (χ4n) is 4.57. The number of nitrogens with two attached hydrogens (primary N) is 1. The van der Waals surface area contributed by atoms with Crippen LogP contribution >= 0.6 is 0 Å². The van der Waals surface area contributed by atoms with Crippen molar-refractivity contribution in [1.29, 1.82) is 0 Å². The van der Waals surface area contributed by atoms with E-state index in [0.29, 0.717) is 12.8 Å². The molecule has 0 aliphatic rings. The third kappa shape index (κ3) is 9.85. The molecule has 0 radical (unpaired) electrons. The highest BCUT2D eigenvalue weighted by Crippen LogP contribution is 2.12. The zero-order valence-electron chi connectivity index (χ0n) is 24.0. The Morgan fingerprint density at radius 2 is 1.07 bits per heavy atom. The first-order chi connectivity index (χ1) is 20.2. The standard InChI is InChI=1S/C33H40N4O5/c1-3-22(2)29(37-30(38)26(34)19-23-13-7-4-8-14-23)32(40)35-27(20-24-15-9-5-10-16-24)31(39)36-28(33(41)42)21-25-17-11-6-12-18-25/h4-18,22,26-29H,3,19-21,34H2,1-2H3,(H,35,40)(H,36,39)(H,37,38)(H,41,42). The highest BCUT2D eigenvalue weighted by atomic mass is 16.4. The lowest BCUT2D eigenvalue weighted by Gasteiger charge is -2.28. The molecule has 0 aliphatic heterocycles. The molecule has 5 atom stereocenters. The molecule has 0 saturated carbocycles. The summed E-state index contributed by atoms with van der Waals surface area (Å²) in [6.07, 6.45) is 1.10. The molecule has 0 bridgehead atoms. The quantitative estimate of drug-likeness (QED) is 0.189. The van der Waals surface area contributed by atoms with Crippen molar-refractivity contribution >= 4 is 23.7 Å². The maximum atomic E-state index is 13.6. The van der Waals surface area contributed by atoms with Crippen LogP contribution in [-0.4, -0.2) is 53.0 Å². The Morgan fingerprint density at radius 3 is 1.52 bits per heavy atom. The number of aliphatic carboxylic acids is 1. The zero-order chi connectivity index (χ0) is 30.5. The van der Waals surface area contributed by atoms with E-state index >= 15 is 0 Å². The first kappa shape index (κ1) is 32.0. The van der Waals surface area contributed by atoms with Gasteiger partial charge in [-0.15, -0.1) is 0 Å². The van der Waals surface area contributed by atoms with Gasteiger partial charge in [0, 0.05) is 12.8 Å². The van der Waals surface area contributed by atoms with Crippen molar-refractivity contribution in [3.05, 3.63) is 108 Å². The van der Waals surface area contributed by atoms with Crippen molar-refractivity contribution < 1.29 is 24.3 Å². The first-order valence-electron chi connectivity index (χ1n) is 14.2. The highest BCUT2D eigenvalue weighted by Gasteiger charge is 2.32. The van der Waals surface area contributed by atoms with E-state index in [9.17, 15) is 24.3 Å². The molecule has 3 rings (SSSR count). The van der Waals surface area contributed by atoms with E-state index in [0.717, 1.165) is 16.7 Å². The van der Waals surface area contributed by atoms with Crippen molar-refractivity contribution in [3.63, 3.8) is 0 Å². The summed E-state index contributed by atoms with van der Waals surface area (Å²) in [5.41, 5.74) is 8.60. The second kappa shape index (κ2) is 16.1. The molecule has 0 saturated heterocycles. The van der Waals surface area contributed by atoms with Gasteiger partial charge in [0.15, 0.2) is 0 Å². The number of rotatable bonds is 15. The lowest BCUT2D eigenvalue weighted by Crippen LogP contribution is -2.59. The fourth-order valence-corrected chi connectivity index (χ4v) is 4.57. The Bertz CT molecular complexity index is 1300. The van der Waals surface area contributed by atoms with Gasteiger partial charge in [0.05, 0.1) is 6.04 Å². The molecule has 9 nitrogen and oxygen atoms in total. The van der Waals surface area contributed by atoms with Crippen molar-refractivity contribution in [2.24, 2.45) is 11.7 Å². The van der Waals surface area contributed by atoms with Gasteiger partial charge in [-0.1, -0.05) is 111 Å². The molecule has 0 spiro atoms. The summed E-state index contributed by atoms with van der Waals surface area (Å²) < 4.78 is 0. The summed E-state index contributed by atoms with van der Waals surface area (Å²) in [7, 11) is 0. The van der Waals surface area contributed by atoms with E-state index in [4.69, 9.17) is 5.73 Å². The van der Waals surface area contributed by atoms with Gasteiger partial charge in [-0.2, -0.15) is 0 Å². The smallest absolute Gasteiger partial charge is 0.326 e. The van der Waals surface area contributed by atoms with E-state index in [1.54, 1.807) is 24.3 Å². The van der Waals surface area contributed by atoms with Crippen LogP contribution in [0.1, 0.15) is 37.0 Å². The largest absolute Gasteiger partial charge is 0.480 e. The molecule has 3 amide bonds. The molecule has 3 aromatic rings. The number of carboxylic acids is 1. The first-order valence-corrected chi connectivity index (χ1v) is 14.2. The minimum Gasteiger partial charge on any atom is -0.480 e. The number of carbonyl (C=O) groups excluding carboxylic acids is 3. The number of hydrogen-bond donors (Lipinski definition) is 5. The Labute approximate surface area is 246 Å². The fraction of sp³-hybridized carbons (Fsp3) is 0.333. The molecule has 0 aliphatic carbocycles. The van der Waals surface area contributed by atoms with Gasteiger partial charge in [0.1, 0.15) is 18.1 Å². The maximum Gasteiger partial charge on any atom is 0.326 e. The second-order valence-electron chi connectivity index (χ2n) is 10.5. The van der Waals surface area contributed by atoms with Crippen molar-refractivity contribution in [2.75, 3.05) is 0 Å². The Balaban J connectivity index is 1.77. The predicted octanol–water partition coefficient (Wildman–Crippen LogP) is 2.63. The van der Waals surface area contributed by atoms with E-state index in [1.807, 2.05) is 80.6 Å². The molecule has 6 N–H and O–H groups in total. The van der Waals surface area contributed by atoms with Crippen molar-refractivity contribution in [2.45, 2.75) is 63.7 Å². The summed E-state index contributed by atoms with van der Waals surface area (Å²) in [5, 5.41) is 18.0. The normalized spacial score (nSPS) is 14.5. The van der Waals surface area contributed by atoms with Crippen LogP contribution in [0.5, 0.6) is 0 Å². The molecule has 0 aromatic heterocycles. The topological polar surface area (TPSA) is 151 Å². The number of carbonyl (C=O) groups is 4. The molecular weight excluding hydrogens is 532 g/mol. The van der Waals surface area contributed by atoms with Gasteiger partial charge in [0.2, 0.25) is 17.7 Å². The zero-order valence-corrected chi connectivity index (χ0v) is 24.0. The van der Waals surface area contributed by atoms with Crippen LogP contribution in [-0.2, 0) is 38.4 Å². The summed E-state index contributed by atoms with van der Waals surface area (Å²) in [6, 6.07) is 23.4. The van der Waals surface area contributed by atoms with Crippen LogP contribution in [0.2, 0.25) is 0 Å². The van der Waals surface area contributed by atoms with E-state index in [1.165, 1.54) is 0 Å². The number of amides is 3. The van der Waals surface area contributed by atoms with Gasteiger partial charge in [0.25, 0.3) is 0 Å². The monoisotopic (exact) mass is 572 g/mol. The summed E-state index contributed by atoms with van der Waals surface area (Å²) in [6.45, 7) is 3.73. The van der Waals surface area contributed by atoms with Crippen LogP contribution in [0.4, 0.5) is 0 Å². The van der Waals surface area contributed by atoms with Gasteiger partial charge < -0.3 is 26.8 Å². The van der Waals surface area contributed by atoms with Gasteiger partial charge in [-0.3, -0.25) is 14.4 Å². The Morgan fingerprint density at radius 1 is 0.643 bits per heavy atom. The molecular formula is C33H40N4O5. The molecule has 42 heavy (non-hydrogen) atoms. The van der Waals surface area contributed by atoms with Crippen molar-refractivity contribution in [1.82, 2.24) is 16.0 Å². The lowest BCUT2D eigenvalue weighted by molar-refractivity contribution is -0.142. The van der Waals surface area contributed by atoms with Gasteiger partial charge >= 0.3 is 5.97 Å². The average Bonchev–Trinajstić information content (AvgIpc) is 3.00. The van der Waals surface area contributed by atoms with E-state index in [-0.39, 0.29) is 18.8 Å². The SMILES string of the molecule is CCC(C)C(NC(=O)C(N)Cc1ccccc1)C(=O)NC(Cc1ccccc1)C(=O)NC(Cc1ccccc1)C(=O)O. The van der Waals surface area contributed by atoms with Crippen LogP contribution < -0.4 is 21.7 Å². The molecule has 5 unspecified atom stereocenters. The molecule has 0 heterocycles. The molecule has 9 heteroatoms. The molecule has 0 fully saturated rings. The van der Waals surface area contributed by atoms with Gasteiger partial charge in [-0.25, -0.2) is 4.79 Å². The second-order valence-corrected chi connectivity index (χ2v) is 10.5. The minimum atomic E-state index is -1.20. The molecule has 222 valence electrons. The van der Waals surface area contributed by atoms with Crippen LogP contribution in [0.3, 0.4) is 0 Å². The number of benzene rings is 3. The summed E-state index contributed by atoms with van der Waals surface area (Å²) in [4.78, 5) is 52.2. The van der Waals surface area contributed by atoms with Crippen LogP contribution in [0.25, 0.3) is 0 Å². The van der Waals surface area contributed by atoms with Crippen molar-refractivity contribution in [3.8, 4) is 0 Å². The van der Waals surface area contributed by atoms with Gasteiger partial charge in [-0.05, 0) is 29.0 Å². The Hall–Kier alpha value is -4.50.